The summed E-state index contributed by atoms with van der Waals surface area (Å²) in [6.07, 6.45) is 4.98. The summed E-state index contributed by atoms with van der Waals surface area (Å²) < 4.78 is 5.36. The molecule has 0 spiro atoms. The van der Waals surface area contributed by atoms with Crippen molar-refractivity contribution in [3.05, 3.63) is 28.3 Å². The molecule has 94 valence electrons. The number of aromatic nitrogens is 2. The van der Waals surface area contributed by atoms with Crippen molar-refractivity contribution < 1.29 is 9.53 Å². The zero-order valence-electron chi connectivity index (χ0n) is 9.91. The molecule has 1 heterocycles. The van der Waals surface area contributed by atoms with Gasteiger partial charge in [0.1, 0.15) is 6.07 Å². The second-order valence-electron chi connectivity index (χ2n) is 2.83. The topological polar surface area (TPSA) is 75.9 Å². The Bertz CT molecular complexity index is 483. The first-order valence-corrected chi connectivity index (χ1v) is 7.07. The van der Waals surface area contributed by atoms with Crippen molar-refractivity contribution in [3.8, 4) is 6.07 Å². The Kier molecular flexibility index (Phi) is 6.25. The molecule has 0 N–H and O–H groups in total. The molecule has 0 aromatic carbocycles. The fourth-order valence-corrected chi connectivity index (χ4v) is 2.51. The number of hydrogen-bond donors (Lipinski definition) is 0. The van der Waals surface area contributed by atoms with Gasteiger partial charge < -0.3 is 4.74 Å². The summed E-state index contributed by atoms with van der Waals surface area (Å²) in [5.74, 6) is -0.618. The number of esters is 1. The predicted molar refractivity (Wildman–Crippen MR) is 70.7 cm³/mol. The largest absolute Gasteiger partial charge is 0.462 e. The monoisotopic (exact) mass is 281 g/mol. The molecule has 0 aliphatic carbocycles. The van der Waals surface area contributed by atoms with Crippen molar-refractivity contribution >= 4 is 29.5 Å². The average Bonchev–Trinajstić information content (AvgIpc) is 2.40. The van der Waals surface area contributed by atoms with Crippen LogP contribution in [0.1, 0.15) is 6.92 Å². The van der Waals surface area contributed by atoms with Gasteiger partial charge in [0, 0.05) is 12.4 Å². The molecule has 18 heavy (non-hydrogen) atoms. The molecular weight excluding hydrogens is 270 g/mol. The molecule has 0 atom stereocenters. The number of nitriles is 1. The smallest absolute Gasteiger partial charge is 0.350 e. The fraction of sp³-hybridized carbons (Fsp3) is 0.273. The maximum atomic E-state index is 11.6. The number of hydrogen-bond acceptors (Lipinski definition) is 7. The van der Waals surface area contributed by atoms with E-state index in [-0.39, 0.29) is 12.2 Å². The second-order valence-corrected chi connectivity index (χ2v) is 4.88. The molecule has 0 unspecified atom stereocenters. The molecule has 0 amide bonds. The van der Waals surface area contributed by atoms with Crippen LogP contribution in [0.15, 0.2) is 33.4 Å². The maximum Gasteiger partial charge on any atom is 0.350 e. The molecule has 0 radical (unpaired) electrons. The lowest BCUT2D eigenvalue weighted by molar-refractivity contribution is -0.138. The minimum Gasteiger partial charge on any atom is -0.462 e. The first kappa shape index (κ1) is 14.5. The van der Waals surface area contributed by atoms with E-state index in [9.17, 15) is 4.79 Å². The summed E-state index contributed by atoms with van der Waals surface area (Å²) in [5, 5.41) is 9.51. The van der Waals surface area contributed by atoms with Crippen molar-refractivity contribution in [1.82, 2.24) is 9.97 Å². The number of carbonyl (C=O) groups excluding carboxylic acids is 1. The molecular formula is C11H11N3O2S2. The lowest BCUT2D eigenvalue weighted by Crippen LogP contribution is -2.07. The quantitative estimate of drug-likeness (QED) is 0.269. The molecule has 1 rings (SSSR count). The van der Waals surface area contributed by atoms with Gasteiger partial charge in [-0.1, -0.05) is 0 Å². The summed E-state index contributed by atoms with van der Waals surface area (Å²) in [6, 6.07) is 3.56. The highest BCUT2D eigenvalue weighted by Crippen LogP contribution is 2.33. The van der Waals surface area contributed by atoms with Crippen molar-refractivity contribution in [2.45, 2.75) is 12.1 Å². The molecule has 0 saturated carbocycles. The molecule has 5 nitrogen and oxygen atoms in total. The van der Waals surface area contributed by atoms with Gasteiger partial charge in [0.15, 0.2) is 10.7 Å². The van der Waals surface area contributed by atoms with Crippen molar-refractivity contribution in [1.29, 1.82) is 5.26 Å². The number of ether oxygens (including phenoxy) is 1. The van der Waals surface area contributed by atoms with E-state index >= 15 is 0 Å². The lowest BCUT2D eigenvalue weighted by Gasteiger charge is -2.05. The van der Waals surface area contributed by atoms with Crippen LogP contribution in [0.5, 0.6) is 0 Å². The molecule has 0 fully saturated rings. The minimum absolute atomic E-state index is 0.0122. The molecule has 1 aromatic heterocycles. The van der Waals surface area contributed by atoms with Gasteiger partial charge >= 0.3 is 5.97 Å². The van der Waals surface area contributed by atoms with Crippen molar-refractivity contribution in [3.63, 3.8) is 0 Å². The Hall–Kier alpha value is -1.52. The van der Waals surface area contributed by atoms with Crippen molar-refractivity contribution in [2.75, 3.05) is 12.9 Å². The van der Waals surface area contributed by atoms with E-state index in [0.717, 1.165) is 0 Å². The Morgan fingerprint density at radius 1 is 1.50 bits per heavy atom. The molecule has 7 heteroatoms. The van der Waals surface area contributed by atoms with Crippen LogP contribution in [-0.2, 0) is 9.53 Å². The molecule has 1 aromatic rings. The number of nitrogens with zero attached hydrogens (tertiary/aromatic N) is 3. The van der Waals surface area contributed by atoms with Crippen LogP contribution in [0.3, 0.4) is 0 Å². The Balaban J connectivity index is 2.98. The van der Waals surface area contributed by atoms with Gasteiger partial charge in [0.2, 0.25) is 0 Å². The van der Waals surface area contributed by atoms with Gasteiger partial charge in [-0.25, -0.2) is 14.8 Å². The molecule has 0 bridgehead atoms. The van der Waals surface area contributed by atoms with Gasteiger partial charge in [-0.15, -0.1) is 11.8 Å². The van der Waals surface area contributed by atoms with Gasteiger partial charge in [-0.05, 0) is 31.0 Å². The third-order valence-electron chi connectivity index (χ3n) is 1.71. The fourth-order valence-electron chi connectivity index (χ4n) is 0.994. The summed E-state index contributed by atoms with van der Waals surface area (Å²) in [5.41, 5.74) is -0.0122. The zero-order chi connectivity index (χ0) is 13.4. The Morgan fingerprint density at radius 2 is 2.17 bits per heavy atom. The van der Waals surface area contributed by atoms with E-state index in [2.05, 4.69) is 9.97 Å². The molecule has 0 aliphatic rings. The highest BCUT2D eigenvalue weighted by atomic mass is 32.2. The van der Waals surface area contributed by atoms with Crippen LogP contribution in [-0.4, -0.2) is 28.8 Å². The van der Waals surface area contributed by atoms with Crippen LogP contribution >= 0.6 is 23.5 Å². The standard InChI is InChI=1S/C11H11N3O2S2/c1-3-16-9(15)8(7-12)10(17-2)18-11-13-5-4-6-14-11/h4-6H,3H2,1-2H3. The Labute approximate surface area is 114 Å². The first-order valence-electron chi connectivity index (χ1n) is 5.03. The van der Waals surface area contributed by atoms with Crippen LogP contribution in [0.25, 0.3) is 0 Å². The number of carbonyl (C=O) groups is 1. The second kappa shape index (κ2) is 7.74. The van der Waals surface area contributed by atoms with Crippen LogP contribution < -0.4 is 0 Å². The Morgan fingerprint density at radius 3 is 2.67 bits per heavy atom. The SMILES string of the molecule is CCOC(=O)C(C#N)=C(SC)Sc1ncccn1. The number of rotatable bonds is 5. The summed E-state index contributed by atoms with van der Waals surface area (Å²) in [7, 11) is 0. The van der Waals surface area contributed by atoms with Crippen LogP contribution in [0.4, 0.5) is 0 Å². The summed E-state index contributed by atoms with van der Waals surface area (Å²) in [4.78, 5) is 19.7. The van der Waals surface area contributed by atoms with E-state index in [0.29, 0.717) is 9.39 Å². The van der Waals surface area contributed by atoms with E-state index in [1.165, 1.54) is 23.5 Å². The van der Waals surface area contributed by atoms with Crippen molar-refractivity contribution in [2.24, 2.45) is 0 Å². The van der Waals surface area contributed by atoms with E-state index < -0.39 is 5.97 Å². The third-order valence-corrected chi connectivity index (χ3v) is 3.81. The van der Waals surface area contributed by atoms with Crippen LogP contribution in [0, 0.1) is 11.3 Å². The zero-order valence-corrected chi connectivity index (χ0v) is 11.5. The van der Waals surface area contributed by atoms with E-state index in [1.807, 2.05) is 6.07 Å². The molecule has 0 aliphatic heterocycles. The van der Waals surface area contributed by atoms with Gasteiger partial charge in [0.05, 0.1) is 10.8 Å². The normalized spacial score (nSPS) is 11.4. The first-order chi connectivity index (χ1) is 8.72. The third kappa shape index (κ3) is 4.05. The van der Waals surface area contributed by atoms with E-state index in [1.54, 1.807) is 31.6 Å². The summed E-state index contributed by atoms with van der Waals surface area (Å²) >= 11 is 2.46. The highest BCUT2D eigenvalue weighted by molar-refractivity contribution is 8.22. The average molecular weight is 281 g/mol. The minimum atomic E-state index is -0.618. The highest BCUT2D eigenvalue weighted by Gasteiger charge is 2.17. The molecule has 0 saturated heterocycles. The predicted octanol–water partition coefficient (Wildman–Crippen LogP) is 2.23. The van der Waals surface area contributed by atoms with Gasteiger partial charge in [-0.2, -0.15) is 5.26 Å². The van der Waals surface area contributed by atoms with Crippen LogP contribution in [0.2, 0.25) is 0 Å². The lowest BCUT2D eigenvalue weighted by atomic mass is 10.3. The van der Waals surface area contributed by atoms with Gasteiger partial charge in [0.25, 0.3) is 0 Å². The summed E-state index contributed by atoms with van der Waals surface area (Å²) in [6.45, 7) is 1.93. The number of thioether (sulfide) groups is 2. The van der Waals surface area contributed by atoms with E-state index in [4.69, 9.17) is 10.00 Å². The van der Waals surface area contributed by atoms with Gasteiger partial charge in [-0.3, -0.25) is 0 Å². The maximum absolute atomic E-state index is 11.6.